The fourth-order valence-corrected chi connectivity index (χ4v) is 6.02. The fraction of sp³-hybridized carbons (Fsp3) is 0.0732. The summed E-state index contributed by atoms with van der Waals surface area (Å²) < 4.78 is 0. The Morgan fingerprint density at radius 3 is 1.73 bits per heavy atom. The zero-order valence-electron chi connectivity index (χ0n) is 24.9. The van der Waals surface area contributed by atoms with Crippen LogP contribution >= 0.6 is 0 Å². The van der Waals surface area contributed by atoms with Crippen LogP contribution in [-0.2, 0) is 0 Å². The number of likely N-dealkylation sites (N-methyl/N-ethyl adjacent to an activating group) is 1. The summed E-state index contributed by atoms with van der Waals surface area (Å²) in [6, 6.07) is 54.0. The number of hydrogen-bond donors (Lipinski definition) is 1. The van der Waals surface area contributed by atoms with Crippen LogP contribution in [0.25, 0.3) is 33.0 Å². The Morgan fingerprint density at radius 2 is 1.00 bits per heavy atom. The van der Waals surface area contributed by atoms with E-state index in [-0.39, 0.29) is 0 Å². The normalized spacial score (nSPS) is 13.1. The van der Waals surface area contributed by atoms with E-state index >= 15 is 0 Å². The van der Waals surface area contributed by atoms with Gasteiger partial charge in [0.05, 0.1) is 5.69 Å². The summed E-state index contributed by atoms with van der Waals surface area (Å²) in [5.41, 5.74) is 10.7. The second-order valence-electron chi connectivity index (χ2n) is 11.1. The smallest absolute Gasteiger partial charge is 0.0537 e. The third kappa shape index (κ3) is 5.66. The van der Waals surface area contributed by atoms with Crippen LogP contribution in [0.5, 0.6) is 0 Å². The fourth-order valence-electron chi connectivity index (χ4n) is 6.02. The molecule has 0 fully saturated rings. The van der Waals surface area contributed by atoms with E-state index < -0.39 is 0 Å². The van der Waals surface area contributed by atoms with Crippen molar-refractivity contribution in [2.45, 2.75) is 0 Å². The van der Waals surface area contributed by atoms with Crippen LogP contribution in [0, 0.1) is 0 Å². The Hall–Kier alpha value is -5.38. The average molecular weight is 570 g/mol. The van der Waals surface area contributed by atoms with Crippen LogP contribution in [0.3, 0.4) is 0 Å². The molecule has 1 heterocycles. The number of fused-ring (bicyclic) bond motifs is 1. The highest BCUT2D eigenvalue weighted by Gasteiger charge is 2.20. The molecule has 0 atom stereocenters. The van der Waals surface area contributed by atoms with Gasteiger partial charge in [0, 0.05) is 48.3 Å². The van der Waals surface area contributed by atoms with E-state index in [2.05, 4.69) is 186 Å². The minimum absolute atomic E-state index is 0.733. The third-order valence-electron chi connectivity index (χ3n) is 8.36. The molecule has 0 bridgehead atoms. The largest absolute Gasteiger partial charge is 0.347 e. The van der Waals surface area contributed by atoms with E-state index in [0.717, 1.165) is 24.5 Å². The number of hydrogen-bond acceptors (Lipinski definition) is 3. The molecule has 1 aliphatic heterocycles. The van der Waals surface area contributed by atoms with Crippen molar-refractivity contribution in [3.05, 3.63) is 175 Å². The summed E-state index contributed by atoms with van der Waals surface area (Å²) in [5, 5.41) is 6.19. The first-order valence-electron chi connectivity index (χ1n) is 15.2. The van der Waals surface area contributed by atoms with Gasteiger partial charge in [-0.05, 0) is 70.1 Å². The Morgan fingerprint density at radius 1 is 0.477 bits per heavy atom. The molecule has 0 aromatic heterocycles. The van der Waals surface area contributed by atoms with E-state index in [1.54, 1.807) is 0 Å². The van der Waals surface area contributed by atoms with Gasteiger partial charge in [-0.3, -0.25) is 0 Å². The molecule has 1 aliphatic rings. The predicted octanol–water partition coefficient (Wildman–Crippen LogP) is 9.82. The lowest BCUT2D eigenvalue weighted by Crippen LogP contribution is -2.30. The van der Waals surface area contributed by atoms with Crippen LogP contribution in [-0.4, -0.2) is 20.1 Å². The average Bonchev–Trinajstić information content (AvgIpc) is 3.35. The van der Waals surface area contributed by atoms with Gasteiger partial charge < -0.3 is 15.1 Å². The van der Waals surface area contributed by atoms with E-state index in [4.69, 9.17) is 0 Å². The summed E-state index contributed by atoms with van der Waals surface area (Å²) in [6.45, 7) is 1.50. The summed E-state index contributed by atoms with van der Waals surface area (Å²) in [5.74, 6) is 0. The molecule has 0 unspecified atom stereocenters. The number of benzene rings is 6. The van der Waals surface area contributed by atoms with Crippen molar-refractivity contribution in [1.29, 1.82) is 0 Å². The predicted molar refractivity (Wildman–Crippen MR) is 187 cm³/mol. The zero-order chi connectivity index (χ0) is 29.7. The molecule has 7 rings (SSSR count). The van der Waals surface area contributed by atoms with Crippen LogP contribution in [0.2, 0.25) is 0 Å². The summed E-state index contributed by atoms with van der Waals surface area (Å²) in [7, 11) is 2.16. The molecule has 3 nitrogen and oxygen atoms in total. The molecule has 6 aromatic carbocycles. The first-order valence-corrected chi connectivity index (χ1v) is 15.2. The Kier molecular flexibility index (Phi) is 7.78. The number of nitrogens with zero attached hydrogens (tertiary/aromatic N) is 2. The lowest BCUT2D eigenvalue weighted by atomic mass is 10.0. The molecule has 0 saturated heterocycles. The molecule has 3 heteroatoms. The summed E-state index contributed by atoms with van der Waals surface area (Å²) in [4.78, 5) is 4.70. The molecule has 1 N–H and O–H groups in total. The van der Waals surface area contributed by atoms with Crippen molar-refractivity contribution in [3.63, 3.8) is 0 Å². The van der Waals surface area contributed by atoms with E-state index in [1.807, 2.05) is 0 Å². The van der Waals surface area contributed by atoms with Crippen LogP contribution in [0.4, 0.5) is 17.1 Å². The van der Waals surface area contributed by atoms with Gasteiger partial charge in [-0.15, -0.1) is 0 Å². The van der Waals surface area contributed by atoms with Crippen molar-refractivity contribution >= 4 is 27.8 Å². The minimum Gasteiger partial charge on any atom is -0.347 e. The molecule has 0 aliphatic carbocycles. The van der Waals surface area contributed by atoms with Crippen LogP contribution in [0.1, 0.15) is 0 Å². The van der Waals surface area contributed by atoms with Gasteiger partial charge in [0.1, 0.15) is 0 Å². The Labute approximate surface area is 260 Å². The van der Waals surface area contributed by atoms with Gasteiger partial charge in [-0.1, -0.05) is 121 Å². The Balaban J connectivity index is 1.29. The maximum absolute atomic E-state index is 3.74. The topological polar surface area (TPSA) is 18.5 Å². The van der Waals surface area contributed by atoms with Crippen molar-refractivity contribution in [2.24, 2.45) is 0 Å². The maximum atomic E-state index is 3.74. The Bertz CT molecular complexity index is 1950. The standard InChI is InChI=1S/C41H35N3/c1-43(36-21-10-19-34(27-36)31-13-4-2-5-14-31)38-25-26-39(30-42-29-38)44(41-24-12-18-33-17-8-9-23-40(33)41)37-22-11-20-35(28-37)32-15-6-3-7-16-32/h2-28,42H,29-30H2,1H3. The molecule has 44 heavy (non-hydrogen) atoms. The van der Waals surface area contributed by atoms with Crippen molar-refractivity contribution in [2.75, 3.05) is 29.9 Å². The molecule has 6 aromatic rings. The highest BCUT2D eigenvalue weighted by molar-refractivity contribution is 5.97. The molecular weight excluding hydrogens is 534 g/mol. The van der Waals surface area contributed by atoms with E-state index in [1.165, 1.54) is 50.1 Å². The number of anilines is 3. The second kappa shape index (κ2) is 12.5. The highest BCUT2D eigenvalue weighted by Crippen LogP contribution is 2.37. The number of allylic oxidation sites excluding steroid dienone is 2. The maximum Gasteiger partial charge on any atom is 0.0537 e. The lowest BCUT2D eigenvalue weighted by molar-refractivity contribution is 0.772. The zero-order valence-corrected chi connectivity index (χ0v) is 24.9. The van der Waals surface area contributed by atoms with Gasteiger partial charge in [-0.2, -0.15) is 0 Å². The first-order chi connectivity index (χ1) is 21.7. The SMILES string of the molecule is CN(C1=CC=C(N(c2cccc(-c3ccccc3)c2)c2cccc3ccccc23)CNC1)c1cccc(-c2ccccc2)c1. The van der Waals surface area contributed by atoms with E-state index in [9.17, 15) is 0 Å². The molecule has 0 spiro atoms. The van der Waals surface area contributed by atoms with Gasteiger partial charge >= 0.3 is 0 Å². The van der Waals surface area contributed by atoms with Crippen molar-refractivity contribution in [1.82, 2.24) is 5.32 Å². The molecule has 0 saturated carbocycles. The van der Waals surface area contributed by atoms with Crippen LogP contribution < -0.4 is 15.1 Å². The van der Waals surface area contributed by atoms with Crippen molar-refractivity contribution in [3.8, 4) is 22.3 Å². The molecule has 0 radical (unpaired) electrons. The van der Waals surface area contributed by atoms with Gasteiger partial charge in [0.2, 0.25) is 0 Å². The summed E-state index contributed by atoms with van der Waals surface area (Å²) in [6.07, 6.45) is 4.55. The van der Waals surface area contributed by atoms with Gasteiger partial charge in [-0.25, -0.2) is 0 Å². The van der Waals surface area contributed by atoms with Gasteiger partial charge in [0.25, 0.3) is 0 Å². The monoisotopic (exact) mass is 569 g/mol. The van der Waals surface area contributed by atoms with Crippen molar-refractivity contribution < 1.29 is 0 Å². The lowest BCUT2D eigenvalue weighted by Gasteiger charge is -2.29. The molecule has 0 amide bonds. The number of nitrogens with one attached hydrogen (secondary N) is 1. The van der Waals surface area contributed by atoms with Gasteiger partial charge in [0.15, 0.2) is 0 Å². The van der Waals surface area contributed by atoms with Crippen LogP contribution in [0.15, 0.2) is 175 Å². The highest BCUT2D eigenvalue weighted by atomic mass is 15.2. The first kappa shape index (κ1) is 27.5. The second-order valence-corrected chi connectivity index (χ2v) is 11.1. The van der Waals surface area contributed by atoms with E-state index in [0.29, 0.717) is 0 Å². The quantitative estimate of drug-likeness (QED) is 0.206. The third-order valence-corrected chi connectivity index (χ3v) is 8.36. The minimum atomic E-state index is 0.733. The summed E-state index contributed by atoms with van der Waals surface area (Å²) >= 11 is 0. The molecular formula is C41H35N3. The molecule has 214 valence electrons. The number of rotatable bonds is 7.